The summed E-state index contributed by atoms with van der Waals surface area (Å²) in [5.74, 6) is 0.260. The molecule has 0 unspecified atom stereocenters. The Morgan fingerprint density at radius 2 is 1.33 bits per heavy atom. The van der Waals surface area contributed by atoms with E-state index in [4.69, 9.17) is 0 Å². The highest BCUT2D eigenvalue weighted by atomic mass is 16.1. The Labute approximate surface area is 143 Å². The van der Waals surface area contributed by atoms with E-state index in [1.165, 1.54) is 5.56 Å². The van der Waals surface area contributed by atoms with Crippen molar-refractivity contribution in [3.05, 3.63) is 96.1 Å². The molecule has 0 bridgehead atoms. The lowest BCUT2D eigenvalue weighted by Crippen LogP contribution is -2.27. The van der Waals surface area contributed by atoms with Crippen molar-refractivity contribution < 1.29 is 4.79 Å². The molecule has 0 heterocycles. The van der Waals surface area contributed by atoms with E-state index in [0.29, 0.717) is 18.0 Å². The minimum Gasteiger partial charge on any atom is -0.351 e. The third-order valence-electron chi connectivity index (χ3n) is 4.19. The topological polar surface area (TPSA) is 29.1 Å². The van der Waals surface area contributed by atoms with Crippen molar-refractivity contribution in [3.63, 3.8) is 0 Å². The maximum atomic E-state index is 12.3. The summed E-state index contributed by atoms with van der Waals surface area (Å²) in [6, 6.07) is 28.1. The minimum atomic E-state index is -0.0302. The van der Waals surface area contributed by atoms with Gasteiger partial charge in [-0.05, 0) is 34.7 Å². The third-order valence-corrected chi connectivity index (χ3v) is 4.19. The van der Waals surface area contributed by atoms with E-state index in [2.05, 4.69) is 36.5 Å². The number of nitrogens with one attached hydrogen (secondary N) is 1. The molecule has 2 heteroatoms. The molecule has 120 valence electrons. The van der Waals surface area contributed by atoms with Crippen molar-refractivity contribution in [1.29, 1.82) is 0 Å². The summed E-state index contributed by atoms with van der Waals surface area (Å²) in [6.45, 7) is 2.75. The molecule has 0 saturated heterocycles. The molecule has 24 heavy (non-hydrogen) atoms. The highest BCUT2D eigenvalue weighted by molar-refractivity contribution is 5.94. The van der Waals surface area contributed by atoms with Gasteiger partial charge < -0.3 is 5.32 Å². The second-order valence-corrected chi connectivity index (χ2v) is 5.97. The monoisotopic (exact) mass is 315 g/mol. The largest absolute Gasteiger partial charge is 0.351 e. The van der Waals surface area contributed by atoms with E-state index in [1.807, 2.05) is 60.7 Å². The lowest BCUT2D eigenvalue weighted by molar-refractivity contribution is 0.0951. The van der Waals surface area contributed by atoms with Gasteiger partial charge in [-0.1, -0.05) is 79.7 Å². The van der Waals surface area contributed by atoms with Crippen LogP contribution in [0.5, 0.6) is 0 Å². The number of benzene rings is 3. The molecule has 0 saturated carbocycles. The first-order chi connectivity index (χ1) is 11.7. The molecule has 0 radical (unpaired) electrons. The molecule has 0 aliphatic carbocycles. The normalized spacial score (nSPS) is 11.7. The minimum absolute atomic E-state index is 0.0302. The summed E-state index contributed by atoms with van der Waals surface area (Å²) in [5.41, 5.74) is 4.19. The summed E-state index contributed by atoms with van der Waals surface area (Å²) >= 11 is 0. The van der Waals surface area contributed by atoms with E-state index < -0.39 is 0 Å². The zero-order chi connectivity index (χ0) is 16.8. The highest BCUT2D eigenvalue weighted by Gasteiger charge is 2.09. The fourth-order valence-electron chi connectivity index (χ4n) is 2.69. The third kappa shape index (κ3) is 3.90. The Morgan fingerprint density at radius 1 is 0.792 bits per heavy atom. The van der Waals surface area contributed by atoms with Gasteiger partial charge in [-0.25, -0.2) is 0 Å². The molecule has 1 N–H and O–H groups in total. The smallest absolute Gasteiger partial charge is 0.251 e. The van der Waals surface area contributed by atoms with Crippen molar-refractivity contribution >= 4 is 5.91 Å². The maximum absolute atomic E-state index is 12.3. The lowest BCUT2D eigenvalue weighted by Gasteiger charge is -2.13. The zero-order valence-electron chi connectivity index (χ0n) is 13.8. The van der Waals surface area contributed by atoms with E-state index >= 15 is 0 Å². The molecule has 0 aliphatic heterocycles. The van der Waals surface area contributed by atoms with Gasteiger partial charge >= 0.3 is 0 Å². The summed E-state index contributed by atoms with van der Waals surface area (Å²) in [7, 11) is 0. The molecular weight excluding hydrogens is 294 g/mol. The highest BCUT2D eigenvalue weighted by Crippen LogP contribution is 2.19. The second-order valence-electron chi connectivity index (χ2n) is 5.97. The van der Waals surface area contributed by atoms with Gasteiger partial charge in [0.05, 0.1) is 0 Å². The molecule has 1 amide bonds. The van der Waals surface area contributed by atoms with E-state index in [-0.39, 0.29) is 5.91 Å². The Kier molecular flexibility index (Phi) is 5.07. The quantitative estimate of drug-likeness (QED) is 0.714. The molecule has 0 aromatic heterocycles. The first kappa shape index (κ1) is 16.0. The Morgan fingerprint density at radius 3 is 1.96 bits per heavy atom. The van der Waals surface area contributed by atoms with Crippen LogP contribution in [-0.2, 0) is 0 Å². The summed E-state index contributed by atoms with van der Waals surface area (Å²) in [4.78, 5) is 12.3. The molecular formula is C22H21NO. The predicted molar refractivity (Wildman–Crippen MR) is 99.1 cm³/mol. The summed E-state index contributed by atoms with van der Waals surface area (Å²) in [6.07, 6.45) is 0. The Hall–Kier alpha value is -2.87. The number of hydrogen-bond donors (Lipinski definition) is 1. The number of rotatable bonds is 5. The van der Waals surface area contributed by atoms with Gasteiger partial charge in [0.1, 0.15) is 0 Å². The molecule has 2 nitrogen and oxygen atoms in total. The SMILES string of the molecule is C[C@H](CNC(=O)c1ccc(-c2ccccc2)cc1)c1ccccc1. The first-order valence-corrected chi connectivity index (χ1v) is 8.22. The fraction of sp³-hybridized carbons (Fsp3) is 0.136. The van der Waals surface area contributed by atoms with Crippen molar-refractivity contribution in [2.24, 2.45) is 0 Å². The van der Waals surface area contributed by atoms with Gasteiger partial charge in [-0.3, -0.25) is 4.79 Å². The van der Waals surface area contributed by atoms with Crippen molar-refractivity contribution in [2.45, 2.75) is 12.8 Å². The first-order valence-electron chi connectivity index (χ1n) is 8.22. The van der Waals surface area contributed by atoms with E-state index in [1.54, 1.807) is 0 Å². The number of amides is 1. The number of hydrogen-bond acceptors (Lipinski definition) is 1. The molecule has 0 spiro atoms. The average molecular weight is 315 g/mol. The van der Waals surface area contributed by atoms with Crippen LogP contribution in [0.2, 0.25) is 0 Å². The van der Waals surface area contributed by atoms with Gasteiger partial charge in [-0.15, -0.1) is 0 Å². The van der Waals surface area contributed by atoms with Crippen LogP contribution in [-0.4, -0.2) is 12.5 Å². The Bertz CT molecular complexity index is 779. The van der Waals surface area contributed by atoms with Crippen LogP contribution in [0.4, 0.5) is 0 Å². The Balaban J connectivity index is 1.61. The number of carbonyl (C=O) groups excluding carboxylic acids is 1. The average Bonchev–Trinajstić information content (AvgIpc) is 2.67. The van der Waals surface area contributed by atoms with Crippen molar-refractivity contribution in [2.75, 3.05) is 6.54 Å². The second kappa shape index (κ2) is 7.60. The molecule has 3 rings (SSSR count). The summed E-state index contributed by atoms with van der Waals surface area (Å²) in [5, 5.41) is 3.02. The van der Waals surface area contributed by atoms with Gasteiger partial charge in [0.15, 0.2) is 0 Å². The summed E-state index contributed by atoms with van der Waals surface area (Å²) < 4.78 is 0. The molecule has 3 aromatic carbocycles. The molecule has 0 fully saturated rings. The van der Waals surface area contributed by atoms with Gasteiger partial charge in [-0.2, -0.15) is 0 Å². The molecule has 3 aromatic rings. The van der Waals surface area contributed by atoms with Crippen LogP contribution in [0.3, 0.4) is 0 Å². The van der Waals surface area contributed by atoms with Gasteiger partial charge in [0.25, 0.3) is 5.91 Å². The van der Waals surface area contributed by atoms with Crippen LogP contribution in [0.15, 0.2) is 84.9 Å². The van der Waals surface area contributed by atoms with Crippen molar-refractivity contribution in [3.8, 4) is 11.1 Å². The van der Waals surface area contributed by atoms with E-state index in [9.17, 15) is 4.79 Å². The van der Waals surface area contributed by atoms with E-state index in [0.717, 1.165) is 11.1 Å². The van der Waals surface area contributed by atoms with Crippen LogP contribution in [0.25, 0.3) is 11.1 Å². The fourth-order valence-corrected chi connectivity index (χ4v) is 2.69. The lowest BCUT2D eigenvalue weighted by atomic mass is 10.0. The molecule has 1 atom stereocenters. The number of carbonyl (C=O) groups is 1. The standard InChI is InChI=1S/C22H21NO/c1-17(18-8-4-2-5-9-18)16-23-22(24)21-14-12-20(13-15-21)19-10-6-3-7-11-19/h2-15,17H,16H2,1H3,(H,23,24)/t17-/m1/s1. The van der Waals surface area contributed by atoms with Crippen LogP contribution < -0.4 is 5.32 Å². The zero-order valence-corrected chi connectivity index (χ0v) is 13.8. The van der Waals surface area contributed by atoms with Gasteiger partial charge in [0, 0.05) is 12.1 Å². The van der Waals surface area contributed by atoms with Crippen LogP contribution in [0, 0.1) is 0 Å². The van der Waals surface area contributed by atoms with Crippen molar-refractivity contribution in [1.82, 2.24) is 5.32 Å². The predicted octanol–water partition coefficient (Wildman–Crippen LogP) is 4.89. The van der Waals surface area contributed by atoms with Crippen LogP contribution in [0.1, 0.15) is 28.8 Å². The van der Waals surface area contributed by atoms with Crippen LogP contribution >= 0.6 is 0 Å². The molecule has 0 aliphatic rings. The maximum Gasteiger partial charge on any atom is 0.251 e. The van der Waals surface area contributed by atoms with Gasteiger partial charge in [0.2, 0.25) is 0 Å².